The summed E-state index contributed by atoms with van der Waals surface area (Å²) in [5, 5.41) is 21.5. The van der Waals surface area contributed by atoms with Gasteiger partial charge >= 0.3 is 0 Å². The summed E-state index contributed by atoms with van der Waals surface area (Å²) < 4.78 is 17.6. The highest BCUT2D eigenvalue weighted by atomic mass is 16.6. The van der Waals surface area contributed by atoms with E-state index in [0.29, 0.717) is 31.9 Å². The Morgan fingerprint density at radius 2 is 1.77 bits per heavy atom. The van der Waals surface area contributed by atoms with Crippen molar-refractivity contribution < 1.29 is 24.4 Å². The molecule has 2 aromatic rings. The maximum Gasteiger partial charge on any atom is 0.161 e. The fourth-order valence-electron chi connectivity index (χ4n) is 4.82. The molecule has 0 unspecified atom stereocenters. The molecular formula is C24H29NO5. The Bertz CT molecular complexity index is 922. The van der Waals surface area contributed by atoms with Crippen molar-refractivity contribution >= 4 is 0 Å². The van der Waals surface area contributed by atoms with Crippen LogP contribution in [0.2, 0.25) is 0 Å². The summed E-state index contributed by atoms with van der Waals surface area (Å²) in [6, 6.07) is 11.7. The average molecular weight is 411 g/mol. The maximum absolute atomic E-state index is 10.8. The van der Waals surface area contributed by atoms with E-state index in [1.165, 1.54) is 0 Å². The minimum absolute atomic E-state index is 0.319. The van der Waals surface area contributed by atoms with Crippen LogP contribution in [0.1, 0.15) is 48.2 Å². The molecule has 6 heteroatoms. The van der Waals surface area contributed by atoms with Crippen LogP contribution >= 0.6 is 0 Å². The van der Waals surface area contributed by atoms with Gasteiger partial charge in [-0.25, -0.2) is 0 Å². The molecule has 0 saturated carbocycles. The third-order valence-corrected chi connectivity index (χ3v) is 6.57. The molecule has 0 radical (unpaired) electrons. The summed E-state index contributed by atoms with van der Waals surface area (Å²) in [5.41, 5.74) is 2.56. The van der Waals surface area contributed by atoms with Crippen LogP contribution < -0.4 is 14.2 Å². The van der Waals surface area contributed by atoms with Crippen LogP contribution in [-0.4, -0.2) is 53.6 Å². The Balaban J connectivity index is 1.22. The highest BCUT2D eigenvalue weighted by molar-refractivity contribution is 5.44. The van der Waals surface area contributed by atoms with Crippen molar-refractivity contribution in [2.75, 3.05) is 32.8 Å². The standard InChI is InChI=1S/C24H29NO5/c1-16-2-4-21-18(12-16)19(26)14-24(30-21)6-8-25(9-7-24)15-20(27)17-3-5-22-23(13-17)29-11-10-28-22/h2-5,12-13,19-20,26-27H,6-11,14-15H2,1H3/t19-,20-/m1/s1. The van der Waals surface area contributed by atoms with Gasteiger partial charge in [-0.05, 0) is 49.6 Å². The number of piperidine rings is 1. The van der Waals surface area contributed by atoms with Gasteiger partial charge in [0.2, 0.25) is 0 Å². The van der Waals surface area contributed by atoms with E-state index >= 15 is 0 Å². The summed E-state index contributed by atoms with van der Waals surface area (Å²) in [4.78, 5) is 2.27. The molecule has 30 heavy (non-hydrogen) atoms. The lowest BCUT2D eigenvalue weighted by Crippen LogP contribution is -2.51. The van der Waals surface area contributed by atoms with E-state index in [1.807, 2.05) is 43.3 Å². The number of fused-ring (bicyclic) bond motifs is 2. The van der Waals surface area contributed by atoms with Gasteiger partial charge in [0.25, 0.3) is 0 Å². The Kier molecular flexibility index (Phi) is 5.09. The molecule has 2 atom stereocenters. The van der Waals surface area contributed by atoms with Crippen molar-refractivity contribution in [1.29, 1.82) is 0 Å². The van der Waals surface area contributed by atoms with Crippen LogP contribution in [0.3, 0.4) is 0 Å². The third-order valence-electron chi connectivity index (χ3n) is 6.57. The predicted octanol–water partition coefficient (Wildman–Crippen LogP) is 3.15. The van der Waals surface area contributed by atoms with Crippen LogP contribution in [0.5, 0.6) is 17.2 Å². The second-order valence-corrected chi connectivity index (χ2v) is 8.77. The number of aryl methyl sites for hydroxylation is 1. The topological polar surface area (TPSA) is 71.4 Å². The molecule has 1 saturated heterocycles. The molecule has 3 aliphatic heterocycles. The highest BCUT2D eigenvalue weighted by Crippen LogP contribution is 2.44. The smallest absolute Gasteiger partial charge is 0.161 e. The number of aliphatic hydroxyl groups is 2. The zero-order valence-electron chi connectivity index (χ0n) is 17.3. The fraction of sp³-hybridized carbons (Fsp3) is 0.500. The largest absolute Gasteiger partial charge is 0.487 e. The minimum atomic E-state index is -0.587. The van der Waals surface area contributed by atoms with E-state index in [1.54, 1.807) is 0 Å². The molecule has 1 spiro atoms. The first-order chi connectivity index (χ1) is 14.5. The van der Waals surface area contributed by atoms with E-state index in [4.69, 9.17) is 14.2 Å². The molecule has 0 aliphatic carbocycles. The molecule has 0 bridgehead atoms. The van der Waals surface area contributed by atoms with Crippen LogP contribution in [0, 0.1) is 6.92 Å². The first-order valence-electron chi connectivity index (χ1n) is 10.8. The number of likely N-dealkylation sites (tertiary alicyclic amines) is 1. The van der Waals surface area contributed by atoms with Gasteiger partial charge in [-0.1, -0.05) is 17.7 Å². The van der Waals surface area contributed by atoms with E-state index in [9.17, 15) is 10.2 Å². The van der Waals surface area contributed by atoms with Crippen molar-refractivity contribution in [2.24, 2.45) is 0 Å². The normalized spacial score (nSPS) is 23.5. The van der Waals surface area contributed by atoms with Gasteiger partial charge in [0, 0.05) is 31.6 Å². The van der Waals surface area contributed by atoms with E-state index in [-0.39, 0.29) is 5.60 Å². The number of hydrogen-bond acceptors (Lipinski definition) is 6. The highest BCUT2D eigenvalue weighted by Gasteiger charge is 2.43. The Morgan fingerprint density at radius 3 is 2.57 bits per heavy atom. The van der Waals surface area contributed by atoms with Crippen LogP contribution in [-0.2, 0) is 0 Å². The summed E-state index contributed by atoms with van der Waals surface area (Å²) in [7, 11) is 0. The van der Waals surface area contributed by atoms with Crippen LogP contribution in [0.15, 0.2) is 36.4 Å². The van der Waals surface area contributed by atoms with Crippen LogP contribution in [0.25, 0.3) is 0 Å². The summed E-state index contributed by atoms with van der Waals surface area (Å²) in [5.74, 6) is 2.25. The predicted molar refractivity (Wildman–Crippen MR) is 112 cm³/mol. The van der Waals surface area contributed by atoms with Crippen molar-refractivity contribution in [3.8, 4) is 17.2 Å². The minimum Gasteiger partial charge on any atom is -0.487 e. The average Bonchev–Trinajstić information content (AvgIpc) is 2.76. The monoisotopic (exact) mass is 411 g/mol. The number of nitrogens with zero attached hydrogens (tertiary/aromatic N) is 1. The number of rotatable bonds is 3. The molecule has 3 heterocycles. The second-order valence-electron chi connectivity index (χ2n) is 8.77. The van der Waals surface area contributed by atoms with Crippen molar-refractivity contribution in [3.05, 3.63) is 53.1 Å². The van der Waals surface area contributed by atoms with Gasteiger partial charge in [0.05, 0.1) is 12.2 Å². The lowest BCUT2D eigenvalue weighted by molar-refractivity contribution is -0.0588. The second kappa shape index (κ2) is 7.76. The zero-order chi connectivity index (χ0) is 20.7. The van der Waals surface area contributed by atoms with Gasteiger partial charge in [-0.2, -0.15) is 0 Å². The van der Waals surface area contributed by atoms with Crippen molar-refractivity contribution in [2.45, 2.75) is 44.0 Å². The molecule has 0 amide bonds. The Hall–Kier alpha value is -2.28. The maximum atomic E-state index is 10.8. The quantitative estimate of drug-likeness (QED) is 0.809. The number of hydrogen-bond donors (Lipinski definition) is 2. The molecule has 1 fully saturated rings. The van der Waals surface area contributed by atoms with E-state index < -0.39 is 12.2 Å². The first kappa shape index (κ1) is 19.7. The van der Waals surface area contributed by atoms with Gasteiger partial charge in [0.1, 0.15) is 24.6 Å². The molecular weight excluding hydrogens is 382 g/mol. The molecule has 5 rings (SSSR count). The summed E-state index contributed by atoms with van der Waals surface area (Å²) >= 11 is 0. The van der Waals surface area contributed by atoms with Gasteiger partial charge in [-0.15, -0.1) is 0 Å². The fourth-order valence-corrected chi connectivity index (χ4v) is 4.82. The van der Waals surface area contributed by atoms with E-state index in [2.05, 4.69) is 4.90 Å². The summed E-state index contributed by atoms with van der Waals surface area (Å²) in [6.45, 7) is 5.35. The molecule has 6 nitrogen and oxygen atoms in total. The molecule has 3 aliphatic rings. The Labute approximate surface area is 177 Å². The van der Waals surface area contributed by atoms with Gasteiger partial charge < -0.3 is 29.3 Å². The lowest BCUT2D eigenvalue weighted by Gasteiger charge is -2.46. The SMILES string of the molecule is Cc1ccc2c(c1)[C@H](O)CC1(CCN(C[C@@H](O)c3ccc4c(c3)OCCO4)CC1)O2. The van der Waals surface area contributed by atoms with E-state index in [0.717, 1.165) is 54.1 Å². The number of β-amino-alcohol motifs (C(OH)–C–C–N with tert-alkyl or cyclic N) is 1. The molecule has 0 aromatic heterocycles. The number of aliphatic hydroxyl groups excluding tert-OH is 2. The number of ether oxygens (including phenoxy) is 3. The number of benzene rings is 2. The first-order valence-corrected chi connectivity index (χ1v) is 10.8. The van der Waals surface area contributed by atoms with Gasteiger partial charge in [-0.3, -0.25) is 0 Å². The summed E-state index contributed by atoms with van der Waals surface area (Å²) in [6.07, 6.45) is 1.23. The van der Waals surface area contributed by atoms with Crippen LogP contribution in [0.4, 0.5) is 0 Å². The zero-order valence-corrected chi connectivity index (χ0v) is 17.3. The van der Waals surface area contributed by atoms with Gasteiger partial charge in [0.15, 0.2) is 11.5 Å². The molecule has 2 aromatic carbocycles. The van der Waals surface area contributed by atoms with Crippen molar-refractivity contribution in [1.82, 2.24) is 4.90 Å². The molecule has 160 valence electrons. The lowest BCUT2D eigenvalue weighted by atomic mass is 9.81. The molecule has 2 N–H and O–H groups in total. The third kappa shape index (κ3) is 3.75. The van der Waals surface area contributed by atoms with Crippen molar-refractivity contribution in [3.63, 3.8) is 0 Å². The Morgan fingerprint density at radius 1 is 1.03 bits per heavy atom.